The van der Waals surface area contributed by atoms with Crippen LogP contribution in [0.2, 0.25) is 0 Å². The monoisotopic (exact) mass is 341 g/mol. The van der Waals surface area contributed by atoms with E-state index in [1.54, 1.807) is 14.2 Å². The third-order valence-corrected chi connectivity index (χ3v) is 5.48. The fourth-order valence-electron chi connectivity index (χ4n) is 4.40. The third-order valence-electron chi connectivity index (χ3n) is 5.48. The lowest BCUT2D eigenvalue weighted by molar-refractivity contribution is 0.0854. The molecular formula is C21H27NO3. The van der Waals surface area contributed by atoms with Crippen molar-refractivity contribution in [3.05, 3.63) is 59.2 Å². The van der Waals surface area contributed by atoms with Gasteiger partial charge in [0.1, 0.15) is 0 Å². The molecule has 0 amide bonds. The lowest BCUT2D eigenvalue weighted by Crippen LogP contribution is -2.38. The summed E-state index contributed by atoms with van der Waals surface area (Å²) in [5, 5.41) is 10.6. The molecule has 0 aromatic heterocycles. The van der Waals surface area contributed by atoms with Crippen LogP contribution < -0.4 is 15.2 Å². The average molecular weight is 341 g/mol. The molecule has 0 radical (unpaired) electrons. The van der Waals surface area contributed by atoms with E-state index in [-0.39, 0.29) is 17.8 Å². The molecule has 2 aromatic rings. The molecule has 0 saturated carbocycles. The molecule has 2 aromatic carbocycles. The first kappa shape index (κ1) is 17.8. The van der Waals surface area contributed by atoms with Crippen molar-refractivity contribution in [2.24, 2.45) is 11.7 Å². The Balaban J connectivity index is 2.17. The van der Waals surface area contributed by atoms with Crippen LogP contribution in [0.15, 0.2) is 42.5 Å². The van der Waals surface area contributed by atoms with Crippen LogP contribution in [0.1, 0.15) is 35.4 Å². The van der Waals surface area contributed by atoms with E-state index in [0.29, 0.717) is 6.54 Å². The quantitative estimate of drug-likeness (QED) is 0.877. The number of rotatable bonds is 5. The van der Waals surface area contributed by atoms with Gasteiger partial charge in [0.15, 0.2) is 11.5 Å². The van der Waals surface area contributed by atoms with Gasteiger partial charge in [-0.25, -0.2) is 0 Å². The molecule has 4 unspecified atom stereocenters. The van der Waals surface area contributed by atoms with E-state index in [9.17, 15) is 5.11 Å². The van der Waals surface area contributed by atoms with E-state index >= 15 is 0 Å². The van der Waals surface area contributed by atoms with Crippen LogP contribution in [0.25, 0.3) is 0 Å². The highest BCUT2D eigenvalue weighted by Crippen LogP contribution is 2.50. The summed E-state index contributed by atoms with van der Waals surface area (Å²) in [5.41, 5.74) is 9.70. The van der Waals surface area contributed by atoms with Gasteiger partial charge in [-0.1, -0.05) is 36.4 Å². The van der Waals surface area contributed by atoms with Crippen molar-refractivity contribution in [3.63, 3.8) is 0 Å². The van der Waals surface area contributed by atoms with Crippen molar-refractivity contribution in [1.29, 1.82) is 0 Å². The SMILES string of the molecule is COc1ccc2c(c1OC)CC(c1ccccc1)C(C(C)O)C2CN. The summed E-state index contributed by atoms with van der Waals surface area (Å²) in [6.45, 7) is 2.36. The topological polar surface area (TPSA) is 64.7 Å². The Kier molecular flexibility index (Phi) is 5.30. The van der Waals surface area contributed by atoms with Crippen LogP contribution >= 0.6 is 0 Å². The molecule has 0 aliphatic heterocycles. The summed E-state index contributed by atoms with van der Waals surface area (Å²) in [7, 11) is 3.33. The molecule has 4 atom stereocenters. The lowest BCUT2D eigenvalue weighted by atomic mass is 9.64. The zero-order valence-electron chi connectivity index (χ0n) is 15.1. The summed E-state index contributed by atoms with van der Waals surface area (Å²) in [4.78, 5) is 0. The normalized spacial score (nSPS) is 23.6. The van der Waals surface area contributed by atoms with E-state index < -0.39 is 6.10 Å². The molecule has 0 spiro atoms. The first-order valence-corrected chi connectivity index (χ1v) is 8.79. The van der Waals surface area contributed by atoms with Gasteiger partial charge in [0, 0.05) is 11.5 Å². The first-order valence-electron chi connectivity index (χ1n) is 8.79. The van der Waals surface area contributed by atoms with Crippen LogP contribution in [0.3, 0.4) is 0 Å². The van der Waals surface area contributed by atoms with Crippen LogP contribution in [0.5, 0.6) is 11.5 Å². The van der Waals surface area contributed by atoms with Crippen molar-refractivity contribution >= 4 is 0 Å². The molecule has 0 fully saturated rings. The average Bonchev–Trinajstić information content (AvgIpc) is 2.65. The zero-order valence-corrected chi connectivity index (χ0v) is 15.1. The molecule has 4 nitrogen and oxygen atoms in total. The van der Waals surface area contributed by atoms with Crippen LogP contribution in [-0.4, -0.2) is 32.0 Å². The Hall–Kier alpha value is -2.04. The van der Waals surface area contributed by atoms with Crippen molar-refractivity contribution in [2.75, 3.05) is 20.8 Å². The summed E-state index contributed by atoms with van der Waals surface area (Å²) in [5.74, 6) is 1.85. The van der Waals surface area contributed by atoms with Gasteiger partial charge in [-0.15, -0.1) is 0 Å². The minimum absolute atomic E-state index is 0.0676. The van der Waals surface area contributed by atoms with Crippen LogP contribution in [0, 0.1) is 5.92 Å². The standard InChI is InChI=1S/C21H27NO3/c1-13(23)20-16(14-7-5-4-6-8-14)11-17-15(18(20)12-22)9-10-19(24-2)21(17)25-3/h4-10,13,16,18,20,23H,11-12,22H2,1-3H3. The maximum atomic E-state index is 10.6. The fraction of sp³-hybridized carbons (Fsp3) is 0.429. The van der Waals surface area contributed by atoms with Gasteiger partial charge in [0.2, 0.25) is 0 Å². The Labute approximate surface area is 149 Å². The fourth-order valence-corrected chi connectivity index (χ4v) is 4.40. The third kappa shape index (κ3) is 3.12. The molecule has 1 aliphatic rings. The summed E-state index contributed by atoms with van der Waals surface area (Å²) in [6.07, 6.45) is 0.353. The Morgan fingerprint density at radius 3 is 2.40 bits per heavy atom. The van der Waals surface area contributed by atoms with Crippen LogP contribution in [0.4, 0.5) is 0 Å². The Morgan fingerprint density at radius 2 is 1.84 bits per heavy atom. The summed E-state index contributed by atoms with van der Waals surface area (Å²) >= 11 is 0. The van der Waals surface area contributed by atoms with Crippen molar-refractivity contribution in [3.8, 4) is 11.5 Å². The van der Waals surface area contributed by atoms with Gasteiger partial charge in [-0.3, -0.25) is 0 Å². The number of aliphatic hydroxyl groups excluding tert-OH is 1. The first-order chi connectivity index (χ1) is 12.1. The van der Waals surface area contributed by atoms with E-state index in [4.69, 9.17) is 15.2 Å². The highest BCUT2D eigenvalue weighted by molar-refractivity contribution is 5.54. The maximum Gasteiger partial charge on any atom is 0.164 e. The number of benzene rings is 2. The number of hydrogen-bond donors (Lipinski definition) is 2. The van der Waals surface area contributed by atoms with E-state index in [1.165, 1.54) is 11.1 Å². The van der Waals surface area contributed by atoms with Gasteiger partial charge < -0.3 is 20.3 Å². The van der Waals surface area contributed by atoms with E-state index in [1.807, 2.05) is 31.2 Å². The number of methoxy groups -OCH3 is 2. The lowest BCUT2D eigenvalue weighted by Gasteiger charge is -2.42. The summed E-state index contributed by atoms with van der Waals surface area (Å²) < 4.78 is 11.2. The predicted octanol–water partition coefficient (Wildman–Crippen LogP) is 3.08. The maximum absolute atomic E-state index is 10.6. The second kappa shape index (κ2) is 7.46. The Bertz CT molecular complexity index is 715. The molecule has 25 heavy (non-hydrogen) atoms. The molecule has 0 saturated heterocycles. The zero-order chi connectivity index (χ0) is 18.0. The smallest absolute Gasteiger partial charge is 0.164 e. The molecule has 3 N–H and O–H groups in total. The predicted molar refractivity (Wildman–Crippen MR) is 99.4 cm³/mol. The Morgan fingerprint density at radius 1 is 1.12 bits per heavy atom. The van der Waals surface area contributed by atoms with Crippen molar-refractivity contribution in [1.82, 2.24) is 0 Å². The van der Waals surface area contributed by atoms with Gasteiger partial charge in [-0.05, 0) is 48.9 Å². The molecule has 4 heteroatoms. The number of nitrogens with two attached hydrogens (primary N) is 1. The van der Waals surface area contributed by atoms with Crippen molar-refractivity contribution < 1.29 is 14.6 Å². The minimum atomic E-state index is -0.444. The minimum Gasteiger partial charge on any atom is -0.493 e. The van der Waals surface area contributed by atoms with Crippen LogP contribution in [-0.2, 0) is 6.42 Å². The second-order valence-electron chi connectivity index (χ2n) is 6.75. The largest absolute Gasteiger partial charge is 0.493 e. The highest BCUT2D eigenvalue weighted by Gasteiger charge is 2.41. The number of ether oxygens (including phenoxy) is 2. The van der Waals surface area contributed by atoms with E-state index in [0.717, 1.165) is 23.5 Å². The molecule has 0 heterocycles. The van der Waals surface area contributed by atoms with Crippen molar-refractivity contribution in [2.45, 2.75) is 31.3 Å². The second-order valence-corrected chi connectivity index (χ2v) is 6.75. The van der Waals surface area contributed by atoms with Gasteiger partial charge in [-0.2, -0.15) is 0 Å². The number of hydrogen-bond acceptors (Lipinski definition) is 4. The number of fused-ring (bicyclic) bond motifs is 1. The molecule has 1 aliphatic carbocycles. The van der Waals surface area contributed by atoms with Gasteiger partial charge in [0.25, 0.3) is 0 Å². The molecule has 134 valence electrons. The molecular weight excluding hydrogens is 314 g/mol. The molecule has 0 bridgehead atoms. The number of aliphatic hydroxyl groups is 1. The highest BCUT2D eigenvalue weighted by atomic mass is 16.5. The van der Waals surface area contributed by atoms with Gasteiger partial charge >= 0.3 is 0 Å². The van der Waals surface area contributed by atoms with Gasteiger partial charge in [0.05, 0.1) is 20.3 Å². The summed E-state index contributed by atoms with van der Waals surface area (Å²) in [6, 6.07) is 14.4. The molecule has 3 rings (SSSR count). The van der Waals surface area contributed by atoms with E-state index in [2.05, 4.69) is 18.2 Å².